The maximum Gasteiger partial charge on any atom is 0.158 e. The van der Waals surface area contributed by atoms with Gasteiger partial charge in [0.15, 0.2) is 5.76 Å². The lowest BCUT2D eigenvalue weighted by atomic mass is 10.1. The number of rotatable bonds is 6. The van der Waals surface area contributed by atoms with Crippen LogP contribution in [-0.2, 0) is 13.0 Å². The predicted molar refractivity (Wildman–Crippen MR) is 94.8 cm³/mol. The number of halogens is 2. The van der Waals surface area contributed by atoms with Gasteiger partial charge in [-0.2, -0.15) is 0 Å². The average molecular weight is 347 g/mol. The molecule has 0 atom stereocenters. The second-order valence-electron chi connectivity index (χ2n) is 5.44. The molecule has 0 amide bonds. The molecule has 2 aromatic carbocycles. The highest BCUT2D eigenvalue weighted by Gasteiger charge is 2.08. The molecule has 2 nitrogen and oxygen atoms in total. The third-order valence-corrected chi connectivity index (χ3v) is 4.07. The van der Waals surface area contributed by atoms with Crippen LogP contribution in [0.2, 0.25) is 10.0 Å². The van der Waals surface area contributed by atoms with Crippen molar-refractivity contribution in [3.05, 3.63) is 82.0 Å². The Bertz CT molecular complexity index is 748. The molecule has 0 saturated heterocycles. The van der Waals surface area contributed by atoms with Crippen LogP contribution >= 0.6 is 23.2 Å². The van der Waals surface area contributed by atoms with E-state index in [2.05, 4.69) is 29.6 Å². The third kappa shape index (κ3) is 4.61. The van der Waals surface area contributed by atoms with E-state index in [9.17, 15) is 0 Å². The van der Waals surface area contributed by atoms with Gasteiger partial charge in [0.05, 0.1) is 6.54 Å². The van der Waals surface area contributed by atoms with Crippen LogP contribution in [0.1, 0.15) is 11.3 Å². The lowest BCUT2D eigenvalue weighted by Crippen LogP contribution is -2.83. The van der Waals surface area contributed by atoms with E-state index in [0.29, 0.717) is 10.0 Å². The molecule has 0 fully saturated rings. The minimum Gasteiger partial charge on any atom is -0.455 e. The van der Waals surface area contributed by atoms with Crippen LogP contribution in [0, 0.1) is 0 Å². The fourth-order valence-corrected chi connectivity index (χ4v) is 3.02. The van der Waals surface area contributed by atoms with Crippen LogP contribution in [-0.4, -0.2) is 6.54 Å². The van der Waals surface area contributed by atoms with Gasteiger partial charge < -0.3 is 9.73 Å². The van der Waals surface area contributed by atoms with Crippen LogP contribution in [0.15, 0.2) is 65.1 Å². The quantitative estimate of drug-likeness (QED) is 0.651. The zero-order valence-electron chi connectivity index (χ0n) is 12.6. The van der Waals surface area contributed by atoms with Gasteiger partial charge in [0.25, 0.3) is 0 Å². The molecule has 23 heavy (non-hydrogen) atoms. The normalized spacial score (nSPS) is 10.9. The number of benzene rings is 2. The Morgan fingerprint density at radius 3 is 2.35 bits per heavy atom. The van der Waals surface area contributed by atoms with Gasteiger partial charge in [-0.3, -0.25) is 0 Å². The first-order valence-corrected chi connectivity index (χ1v) is 8.37. The molecule has 3 rings (SSSR count). The second-order valence-corrected chi connectivity index (χ2v) is 6.31. The molecule has 0 aliphatic carbocycles. The highest BCUT2D eigenvalue weighted by Crippen LogP contribution is 2.28. The van der Waals surface area contributed by atoms with E-state index in [4.69, 9.17) is 27.6 Å². The van der Waals surface area contributed by atoms with Crippen molar-refractivity contribution in [2.24, 2.45) is 0 Å². The van der Waals surface area contributed by atoms with Gasteiger partial charge in [-0.1, -0.05) is 53.5 Å². The average Bonchev–Trinajstić information content (AvgIpc) is 3.01. The summed E-state index contributed by atoms with van der Waals surface area (Å²) in [5.74, 6) is 1.74. The molecular weight excluding hydrogens is 329 g/mol. The summed E-state index contributed by atoms with van der Waals surface area (Å²) >= 11 is 12.1. The van der Waals surface area contributed by atoms with Crippen molar-refractivity contribution in [2.45, 2.75) is 13.0 Å². The molecule has 3 aromatic rings. The molecule has 0 bridgehead atoms. The van der Waals surface area contributed by atoms with Crippen molar-refractivity contribution in [2.75, 3.05) is 6.54 Å². The summed E-state index contributed by atoms with van der Waals surface area (Å²) in [6, 6.07) is 19.9. The first kappa shape index (κ1) is 16.1. The van der Waals surface area contributed by atoms with E-state index in [-0.39, 0.29) is 0 Å². The van der Waals surface area contributed by atoms with Gasteiger partial charge in [-0.15, -0.1) is 0 Å². The standard InChI is InChI=1S/C19H17Cl2NO/c20-16-10-15(11-17(21)12-16)19-7-6-18(23-19)13-22-9-8-14-4-2-1-3-5-14/h1-7,10-12,22H,8-9,13H2/p+1. The van der Waals surface area contributed by atoms with Crippen molar-refractivity contribution in [3.63, 3.8) is 0 Å². The molecule has 1 aromatic heterocycles. The summed E-state index contributed by atoms with van der Waals surface area (Å²) in [6.45, 7) is 1.85. The SMILES string of the molecule is Clc1cc(Cl)cc(-c2ccc(C[NH2+]CCc3ccccc3)o2)c1. The molecule has 0 aliphatic rings. The molecule has 0 radical (unpaired) electrons. The van der Waals surface area contributed by atoms with E-state index in [0.717, 1.165) is 36.6 Å². The third-order valence-electron chi connectivity index (χ3n) is 3.63. The van der Waals surface area contributed by atoms with E-state index in [1.54, 1.807) is 6.07 Å². The molecule has 1 heterocycles. The van der Waals surface area contributed by atoms with E-state index in [1.165, 1.54) is 5.56 Å². The van der Waals surface area contributed by atoms with Gasteiger partial charge in [-0.25, -0.2) is 0 Å². The smallest absolute Gasteiger partial charge is 0.158 e. The Kier molecular flexibility index (Phi) is 5.39. The largest absolute Gasteiger partial charge is 0.455 e. The fraction of sp³-hybridized carbons (Fsp3) is 0.158. The molecular formula is C19H18Cl2NO+. The maximum absolute atomic E-state index is 6.04. The van der Waals surface area contributed by atoms with Gasteiger partial charge >= 0.3 is 0 Å². The Morgan fingerprint density at radius 2 is 1.61 bits per heavy atom. The highest BCUT2D eigenvalue weighted by atomic mass is 35.5. The Balaban J connectivity index is 1.55. The summed E-state index contributed by atoms with van der Waals surface area (Å²) in [7, 11) is 0. The Hall–Kier alpha value is -1.74. The van der Waals surface area contributed by atoms with Crippen LogP contribution in [0.25, 0.3) is 11.3 Å². The van der Waals surface area contributed by atoms with Crippen molar-refractivity contribution >= 4 is 23.2 Å². The zero-order chi connectivity index (χ0) is 16.1. The zero-order valence-corrected chi connectivity index (χ0v) is 14.1. The summed E-state index contributed by atoms with van der Waals surface area (Å²) in [5.41, 5.74) is 2.26. The van der Waals surface area contributed by atoms with Gasteiger partial charge in [0.1, 0.15) is 12.3 Å². The summed E-state index contributed by atoms with van der Waals surface area (Å²) < 4.78 is 5.88. The lowest BCUT2D eigenvalue weighted by molar-refractivity contribution is -0.671. The van der Waals surface area contributed by atoms with Crippen LogP contribution in [0.4, 0.5) is 0 Å². The molecule has 0 saturated carbocycles. The van der Waals surface area contributed by atoms with Crippen LogP contribution < -0.4 is 5.32 Å². The number of furan rings is 1. The number of hydrogen-bond acceptors (Lipinski definition) is 1. The van der Waals surface area contributed by atoms with Crippen molar-refractivity contribution in [1.82, 2.24) is 0 Å². The second kappa shape index (κ2) is 7.69. The Morgan fingerprint density at radius 1 is 0.870 bits per heavy atom. The van der Waals surface area contributed by atoms with Crippen molar-refractivity contribution < 1.29 is 9.73 Å². The molecule has 118 valence electrons. The highest BCUT2D eigenvalue weighted by molar-refractivity contribution is 6.35. The number of hydrogen-bond donors (Lipinski definition) is 1. The van der Waals surface area contributed by atoms with Gasteiger partial charge in [0, 0.05) is 22.0 Å². The van der Waals surface area contributed by atoms with E-state index in [1.807, 2.05) is 30.3 Å². The molecule has 0 spiro atoms. The first-order valence-electron chi connectivity index (χ1n) is 7.61. The fourth-order valence-electron chi connectivity index (χ4n) is 2.50. The minimum absolute atomic E-state index is 0.611. The molecule has 0 unspecified atom stereocenters. The van der Waals surface area contributed by atoms with Crippen molar-refractivity contribution in [3.8, 4) is 11.3 Å². The molecule has 0 aliphatic heterocycles. The Labute approximate surface area is 146 Å². The lowest BCUT2D eigenvalue weighted by Gasteiger charge is -2.01. The summed E-state index contributed by atoms with van der Waals surface area (Å²) in [6.07, 6.45) is 1.05. The summed E-state index contributed by atoms with van der Waals surface area (Å²) in [5, 5.41) is 3.47. The van der Waals surface area contributed by atoms with E-state index >= 15 is 0 Å². The maximum atomic E-state index is 6.04. The van der Waals surface area contributed by atoms with Crippen molar-refractivity contribution in [1.29, 1.82) is 0 Å². The van der Waals surface area contributed by atoms with E-state index < -0.39 is 0 Å². The first-order chi connectivity index (χ1) is 11.2. The van der Waals surface area contributed by atoms with Gasteiger partial charge in [0.2, 0.25) is 0 Å². The minimum atomic E-state index is 0.611. The van der Waals surface area contributed by atoms with Gasteiger partial charge in [-0.05, 0) is 35.9 Å². The molecule has 2 N–H and O–H groups in total. The van der Waals surface area contributed by atoms with Crippen LogP contribution in [0.5, 0.6) is 0 Å². The summed E-state index contributed by atoms with van der Waals surface area (Å²) in [4.78, 5) is 0. The topological polar surface area (TPSA) is 29.8 Å². The monoisotopic (exact) mass is 346 g/mol. The van der Waals surface area contributed by atoms with Crippen LogP contribution in [0.3, 0.4) is 0 Å². The number of quaternary nitrogens is 1. The predicted octanol–water partition coefficient (Wildman–Crippen LogP) is 4.56. The molecule has 4 heteroatoms. The number of nitrogens with two attached hydrogens (primary N) is 1.